The molecule has 0 aliphatic rings. The van der Waals surface area contributed by atoms with Crippen molar-refractivity contribution in [2.24, 2.45) is 11.5 Å². The first kappa shape index (κ1) is 24.1. The molecule has 2 aromatic carbocycles. The first-order valence-corrected chi connectivity index (χ1v) is 10.2. The molecule has 4 amide bonds. The molecule has 0 saturated heterocycles. The highest BCUT2D eigenvalue weighted by Gasteiger charge is 2.26. The summed E-state index contributed by atoms with van der Waals surface area (Å²) >= 11 is 0. The van der Waals surface area contributed by atoms with Crippen molar-refractivity contribution in [3.63, 3.8) is 0 Å². The molecule has 3 rings (SSSR count). The number of aromatic nitrogens is 1. The molecule has 0 bridgehead atoms. The Morgan fingerprint density at radius 2 is 1.59 bits per heavy atom. The summed E-state index contributed by atoms with van der Waals surface area (Å²) in [5.41, 5.74) is 13.5. The number of nitrogens with zero attached hydrogens (tertiary/aromatic N) is 1. The second kappa shape index (κ2) is 10.8. The van der Waals surface area contributed by atoms with Gasteiger partial charge in [-0.25, -0.2) is 4.79 Å². The number of carbonyl (C=O) groups excluding carboxylic acids is 3. The van der Waals surface area contributed by atoms with Crippen LogP contribution in [0.5, 0.6) is 11.5 Å². The van der Waals surface area contributed by atoms with Crippen LogP contribution in [0.2, 0.25) is 0 Å². The van der Waals surface area contributed by atoms with Crippen molar-refractivity contribution in [2.75, 3.05) is 24.9 Å². The Kier molecular flexibility index (Phi) is 7.65. The predicted molar refractivity (Wildman–Crippen MR) is 127 cm³/mol. The zero-order chi connectivity index (χ0) is 24.7. The SMILES string of the molecule is COc1cc(C(N)=O)c(C(Cc2ccc(NC(=O)Nc3cccnc3)cc2)C(N)=O)cc1OC. The summed E-state index contributed by atoms with van der Waals surface area (Å²) in [6.45, 7) is 0. The number of methoxy groups -OCH3 is 2. The smallest absolute Gasteiger partial charge is 0.323 e. The van der Waals surface area contributed by atoms with Crippen molar-refractivity contribution >= 4 is 29.2 Å². The number of nitrogens with one attached hydrogen (secondary N) is 2. The summed E-state index contributed by atoms with van der Waals surface area (Å²) < 4.78 is 10.5. The maximum absolute atomic E-state index is 12.3. The molecule has 10 heteroatoms. The third-order valence-corrected chi connectivity index (χ3v) is 5.11. The molecule has 1 aromatic heterocycles. The van der Waals surface area contributed by atoms with Gasteiger partial charge >= 0.3 is 6.03 Å². The van der Waals surface area contributed by atoms with Crippen LogP contribution in [-0.4, -0.2) is 37.0 Å². The van der Waals surface area contributed by atoms with Crippen LogP contribution in [0.25, 0.3) is 0 Å². The molecule has 0 saturated carbocycles. The Morgan fingerprint density at radius 3 is 2.15 bits per heavy atom. The topological polar surface area (TPSA) is 159 Å². The number of hydrogen-bond donors (Lipinski definition) is 4. The number of urea groups is 1. The van der Waals surface area contributed by atoms with E-state index in [0.717, 1.165) is 5.56 Å². The van der Waals surface area contributed by atoms with Crippen LogP contribution in [0.1, 0.15) is 27.4 Å². The minimum atomic E-state index is -0.852. The Morgan fingerprint density at radius 1 is 0.941 bits per heavy atom. The first-order chi connectivity index (χ1) is 16.3. The molecular formula is C24H25N5O5. The van der Waals surface area contributed by atoms with Gasteiger partial charge in [0, 0.05) is 17.4 Å². The van der Waals surface area contributed by atoms with E-state index < -0.39 is 23.8 Å². The van der Waals surface area contributed by atoms with Gasteiger partial charge in [0.05, 0.1) is 32.0 Å². The van der Waals surface area contributed by atoms with E-state index in [4.69, 9.17) is 20.9 Å². The number of anilines is 2. The molecule has 0 spiro atoms. The van der Waals surface area contributed by atoms with E-state index >= 15 is 0 Å². The van der Waals surface area contributed by atoms with E-state index in [1.165, 1.54) is 32.5 Å². The van der Waals surface area contributed by atoms with Gasteiger partial charge in [0.1, 0.15) is 0 Å². The Hall–Kier alpha value is -4.60. The minimum Gasteiger partial charge on any atom is -0.493 e. The third kappa shape index (κ3) is 5.80. The number of primary amides is 2. The zero-order valence-electron chi connectivity index (χ0n) is 18.7. The average Bonchev–Trinajstić information content (AvgIpc) is 2.83. The monoisotopic (exact) mass is 463 g/mol. The molecule has 1 unspecified atom stereocenters. The summed E-state index contributed by atoms with van der Waals surface area (Å²) in [5.74, 6) is -1.56. The normalized spacial score (nSPS) is 11.2. The van der Waals surface area contributed by atoms with Crippen LogP contribution in [0.15, 0.2) is 60.9 Å². The summed E-state index contributed by atoms with van der Waals surface area (Å²) in [6.07, 6.45) is 3.34. The lowest BCUT2D eigenvalue weighted by Crippen LogP contribution is -2.26. The largest absolute Gasteiger partial charge is 0.493 e. The number of pyridine rings is 1. The number of hydrogen-bond acceptors (Lipinski definition) is 6. The van der Waals surface area contributed by atoms with E-state index in [9.17, 15) is 14.4 Å². The molecule has 34 heavy (non-hydrogen) atoms. The molecule has 0 radical (unpaired) electrons. The predicted octanol–water partition coefficient (Wildman–Crippen LogP) is 2.65. The van der Waals surface area contributed by atoms with Gasteiger partial charge in [-0.2, -0.15) is 0 Å². The van der Waals surface area contributed by atoms with Gasteiger partial charge in [0.25, 0.3) is 0 Å². The van der Waals surface area contributed by atoms with Gasteiger partial charge in [0.15, 0.2) is 11.5 Å². The van der Waals surface area contributed by atoms with Crippen molar-refractivity contribution in [1.29, 1.82) is 0 Å². The second-order valence-electron chi connectivity index (χ2n) is 7.34. The van der Waals surface area contributed by atoms with Crippen molar-refractivity contribution in [3.8, 4) is 11.5 Å². The van der Waals surface area contributed by atoms with E-state index in [-0.39, 0.29) is 12.0 Å². The van der Waals surface area contributed by atoms with Crippen LogP contribution in [-0.2, 0) is 11.2 Å². The molecule has 0 aliphatic carbocycles. The summed E-state index contributed by atoms with van der Waals surface area (Å²) in [7, 11) is 2.88. The van der Waals surface area contributed by atoms with Crippen molar-refractivity contribution in [2.45, 2.75) is 12.3 Å². The number of benzene rings is 2. The fraction of sp³-hybridized carbons (Fsp3) is 0.167. The number of carbonyl (C=O) groups is 3. The molecule has 10 nitrogen and oxygen atoms in total. The van der Waals surface area contributed by atoms with Crippen LogP contribution in [0, 0.1) is 0 Å². The van der Waals surface area contributed by atoms with E-state index in [0.29, 0.717) is 28.4 Å². The third-order valence-electron chi connectivity index (χ3n) is 5.11. The van der Waals surface area contributed by atoms with Gasteiger partial charge in [0.2, 0.25) is 11.8 Å². The summed E-state index contributed by atoms with van der Waals surface area (Å²) in [5, 5.41) is 5.39. The molecule has 1 heterocycles. The fourth-order valence-corrected chi connectivity index (χ4v) is 3.45. The van der Waals surface area contributed by atoms with Gasteiger partial charge in [-0.3, -0.25) is 14.6 Å². The lowest BCUT2D eigenvalue weighted by Gasteiger charge is -2.19. The van der Waals surface area contributed by atoms with Crippen LogP contribution >= 0.6 is 0 Å². The van der Waals surface area contributed by atoms with Crippen molar-refractivity contribution in [1.82, 2.24) is 4.98 Å². The highest BCUT2D eigenvalue weighted by atomic mass is 16.5. The highest BCUT2D eigenvalue weighted by molar-refractivity contribution is 5.99. The van der Waals surface area contributed by atoms with Crippen molar-refractivity contribution < 1.29 is 23.9 Å². The van der Waals surface area contributed by atoms with Gasteiger partial charge in [-0.15, -0.1) is 0 Å². The van der Waals surface area contributed by atoms with E-state index in [2.05, 4.69) is 15.6 Å². The van der Waals surface area contributed by atoms with E-state index in [1.807, 2.05) is 0 Å². The second-order valence-corrected chi connectivity index (χ2v) is 7.34. The molecule has 6 N–H and O–H groups in total. The fourth-order valence-electron chi connectivity index (χ4n) is 3.45. The number of ether oxygens (including phenoxy) is 2. The highest BCUT2D eigenvalue weighted by Crippen LogP contribution is 2.35. The number of rotatable bonds is 9. The molecule has 176 valence electrons. The first-order valence-electron chi connectivity index (χ1n) is 10.2. The van der Waals surface area contributed by atoms with Crippen LogP contribution < -0.4 is 31.6 Å². The lowest BCUT2D eigenvalue weighted by molar-refractivity contribution is -0.119. The Labute approximate surface area is 196 Å². The molecule has 0 fully saturated rings. The van der Waals surface area contributed by atoms with Crippen LogP contribution in [0.3, 0.4) is 0 Å². The zero-order valence-corrected chi connectivity index (χ0v) is 18.7. The molecular weight excluding hydrogens is 438 g/mol. The molecule has 1 atom stereocenters. The molecule has 3 aromatic rings. The quantitative estimate of drug-likeness (QED) is 0.382. The Balaban J connectivity index is 1.79. The lowest BCUT2D eigenvalue weighted by atomic mass is 9.87. The average molecular weight is 463 g/mol. The molecule has 0 aliphatic heterocycles. The minimum absolute atomic E-state index is 0.117. The summed E-state index contributed by atoms with van der Waals surface area (Å²) in [6, 6.07) is 12.9. The van der Waals surface area contributed by atoms with Gasteiger partial charge in [-0.1, -0.05) is 12.1 Å². The standard InChI is InChI=1S/C24H25N5O5/c1-33-20-11-17(19(23(26)31)12-21(20)34-2)18(22(25)30)10-14-5-7-15(8-6-14)28-24(32)29-16-4-3-9-27-13-16/h3-9,11-13,18H,10H2,1-2H3,(H2,25,30)(H2,26,31)(H2,28,29,32). The maximum atomic E-state index is 12.3. The number of nitrogens with two attached hydrogens (primary N) is 2. The van der Waals surface area contributed by atoms with Gasteiger partial charge in [-0.05, 0) is 53.9 Å². The maximum Gasteiger partial charge on any atom is 0.323 e. The van der Waals surface area contributed by atoms with Crippen LogP contribution in [0.4, 0.5) is 16.2 Å². The summed E-state index contributed by atoms with van der Waals surface area (Å²) in [4.78, 5) is 40.5. The van der Waals surface area contributed by atoms with Gasteiger partial charge < -0.3 is 31.6 Å². The van der Waals surface area contributed by atoms with E-state index in [1.54, 1.807) is 42.6 Å². The van der Waals surface area contributed by atoms with Crippen molar-refractivity contribution in [3.05, 3.63) is 77.6 Å². The number of amides is 4. The Bertz CT molecular complexity index is 1180.